The average Bonchev–Trinajstić information content (AvgIpc) is 2.72. The number of nitrogens with zero attached hydrogens (tertiary/aromatic N) is 2. The van der Waals surface area contributed by atoms with Crippen molar-refractivity contribution in [3.63, 3.8) is 0 Å². The number of likely N-dealkylation sites (N-methyl/N-ethyl adjacent to an activating group) is 1. The van der Waals surface area contributed by atoms with Gasteiger partial charge in [-0.1, -0.05) is 18.2 Å². The first-order valence-corrected chi connectivity index (χ1v) is 7.04. The minimum absolute atomic E-state index is 0.0817. The van der Waals surface area contributed by atoms with Crippen LogP contribution in [0.3, 0.4) is 0 Å². The van der Waals surface area contributed by atoms with Crippen LogP contribution >= 0.6 is 0 Å². The van der Waals surface area contributed by atoms with Crippen molar-refractivity contribution >= 4 is 17.8 Å². The molecule has 0 saturated carbocycles. The fraction of sp³-hybridized carbons (Fsp3) is 0.400. The predicted octanol–water partition coefficient (Wildman–Crippen LogP) is 1.12. The van der Waals surface area contributed by atoms with Gasteiger partial charge in [0, 0.05) is 32.1 Å². The molecule has 22 heavy (non-hydrogen) atoms. The predicted molar refractivity (Wildman–Crippen MR) is 77.2 cm³/mol. The van der Waals surface area contributed by atoms with Gasteiger partial charge < -0.3 is 10.2 Å². The normalized spacial score (nSPS) is 14.6. The summed E-state index contributed by atoms with van der Waals surface area (Å²) in [5.41, 5.74) is 0.419. The quantitative estimate of drug-likeness (QED) is 0.801. The SMILES string of the molecule is CN1CC(=O)N(CCCC(=O)NCc2ccccc2F)C1=O. The van der Waals surface area contributed by atoms with Gasteiger partial charge in [0.1, 0.15) is 12.4 Å². The molecule has 0 bridgehead atoms. The number of imide groups is 1. The molecule has 0 atom stereocenters. The van der Waals surface area contributed by atoms with Gasteiger partial charge in [0.25, 0.3) is 0 Å². The lowest BCUT2D eigenvalue weighted by Gasteiger charge is -2.13. The molecule has 1 fully saturated rings. The maximum absolute atomic E-state index is 13.4. The van der Waals surface area contributed by atoms with Gasteiger partial charge in [-0.05, 0) is 12.5 Å². The molecule has 4 amide bonds. The lowest BCUT2D eigenvalue weighted by atomic mass is 10.2. The van der Waals surface area contributed by atoms with Gasteiger partial charge in [-0.25, -0.2) is 9.18 Å². The van der Waals surface area contributed by atoms with E-state index in [0.717, 1.165) is 4.90 Å². The molecular weight excluding hydrogens is 289 g/mol. The second-order valence-electron chi connectivity index (χ2n) is 5.16. The third-order valence-electron chi connectivity index (χ3n) is 3.45. The Hall–Kier alpha value is -2.44. The Morgan fingerprint density at radius 3 is 2.68 bits per heavy atom. The zero-order valence-electron chi connectivity index (χ0n) is 12.3. The monoisotopic (exact) mass is 307 g/mol. The fourth-order valence-corrected chi connectivity index (χ4v) is 2.21. The van der Waals surface area contributed by atoms with E-state index in [0.29, 0.717) is 12.0 Å². The Balaban J connectivity index is 1.71. The first kappa shape index (κ1) is 15.9. The number of carbonyl (C=O) groups excluding carboxylic acids is 3. The Morgan fingerprint density at radius 1 is 1.32 bits per heavy atom. The first-order valence-electron chi connectivity index (χ1n) is 7.04. The number of rotatable bonds is 6. The van der Waals surface area contributed by atoms with Gasteiger partial charge >= 0.3 is 6.03 Å². The van der Waals surface area contributed by atoms with E-state index in [1.807, 2.05) is 0 Å². The first-order chi connectivity index (χ1) is 10.5. The molecule has 0 unspecified atom stereocenters. The zero-order chi connectivity index (χ0) is 16.1. The summed E-state index contributed by atoms with van der Waals surface area (Å²) >= 11 is 0. The molecule has 0 spiro atoms. The second kappa shape index (κ2) is 7.02. The topological polar surface area (TPSA) is 69.7 Å². The van der Waals surface area contributed by atoms with Gasteiger partial charge in [0.05, 0.1) is 0 Å². The third-order valence-corrected chi connectivity index (χ3v) is 3.45. The van der Waals surface area contributed by atoms with Crippen molar-refractivity contribution < 1.29 is 18.8 Å². The molecule has 0 aliphatic carbocycles. The van der Waals surface area contributed by atoms with Gasteiger partial charge in [0.15, 0.2) is 0 Å². The van der Waals surface area contributed by atoms with Crippen LogP contribution < -0.4 is 5.32 Å². The molecule has 0 radical (unpaired) electrons. The van der Waals surface area contributed by atoms with Crippen molar-refractivity contribution in [2.24, 2.45) is 0 Å². The number of hydrogen-bond donors (Lipinski definition) is 1. The number of hydrogen-bond acceptors (Lipinski definition) is 3. The number of nitrogens with one attached hydrogen (secondary N) is 1. The van der Waals surface area contributed by atoms with Crippen LogP contribution in [-0.2, 0) is 16.1 Å². The highest BCUT2D eigenvalue weighted by molar-refractivity contribution is 6.01. The number of amides is 4. The summed E-state index contributed by atoms with van der Waals surface area (Å²) in [6.45, 7) is 0.420. The van der Waals surface area contributed by atoms with E-state index in [2.05, 4.69) is 5.32 Å². The average molecular weight is 307 g/mol. The van der Waals surface area contributed by atoms with Gasteiger partial charge in [-0.3, -0.25) is 14.5 Å². The number of urea groups is 1. The third kappa shape index (κ3) is 3.81. The van der Waals surface area contributed by atoms with E-state index in [1.54, 1.807) is 25.2 Å². The Kier molecular flexibility index (Phi) is 5.08. The standard InChI is InChI=1S/C15H18FN3O3/c1-18-10-14(21)19(15(18)22)8-4-7-13(20)17-9-11-5-2-3-6-12(11)16/h2-3,5-6H,4,7-10H2,1H3,(H,17,20). The molecule has 1 heterocycles. The smallest absolute Gasteiger partial charge is 0.326 e. The molecule has 2 rings (SSSR count). The van der Waals surface area contributed by atoms with Crippen molar-refractivity contribution in [2.75, 3.05) is 20.1 Å². The van der Waals surface area contributed by atoms with Crippen LogP contribution in [0.4, 0.5) is 9.18 Å². The molecule has 0 aromatic heterocycles. The molecule has 1 aliphatic heterocycles. The van der Waals surface area contributed by atoms with E-state index in [1.165, 1.54) is 11.0 Å². The van der Waals surface area contributed by atoms with E-state index >= 15 is 0 Å². The molecular formula is C15H18FN3O3. The maximum Gasteiger partial charge on any atom is 0.326 e. The molecule has 1 N–H and O–H groups in total. The molecule has 1 aromatic rings. The van der Waals surface area contributed by atoms with Crippen LogP contribution in [0.25, 0.3) is 0 Å². The Labute approximate surface area is 127 Å². The van der Waals surface area contributed by atoms with Crippen LogP contribution in [0.15, 0.2) is 24.3 Å². The minimum atomic E-state index is -0.362. The molecule has 118 valence electrons. The van der Waals surface area contributed by atoms with Crippen molar-refractivity contribution in [1.29, 1.82) is 0 Å². The van der Waals surface area contributed by atoms with E-state index in [9.17, 15) is 18.8 Å². The Bertz CT molecular complexity index is 591. The van der Waals surface area contributed by atoms with Crippen LogP contribution in [0.1, 0.15) is 18.4 Å². The lowest BCUT2D eigenvalue weighted by molar-refractivity contribution is -0.126. The minimum Gasteiger partial charge on any atom is -0.352 e. The van der Waals surface area contributed by atoms with E-state index in [4.69, 9.17) is 0 Å². The summed E-state index contributed by atoms with van der Waals surface area (Å²) in [4.78, 5) is 37.3. The van der Waals surface area contributed by atoms with Crippen LogP contribution in [0.2, 0.25) is 0 Å². The highest BCUT2D eigenvalue weighted by Crippen LogP contribution is 2.09. The molecule has 1 aliphatic rings. The van der Waals surface area contributed by atoms with Gasteiger partial charge in [0.2, 0.25) is 11.8 Å². The zero-order valence-corrected chi connectivity index (χ0v) is 12.3. The highest BCUT2D eigenvalue weighted by Gasteiger charge is 2.32. The van der Waals surface area contributed by atoms with Crippen molar-refractivity contribution in [2.45, 2.75) is 19.4 Å². The summed E-state index contributed by atoms with van der Waals surface area (Å²) in [5, 5.41) is 2.62. The molecule has 1 saturated heterocycles. The van der Waals surface area contributed by atoms with Crippen molar-refractivity contribution in [3.05, 3.63) is 35.6 Å². The largest absolute Gasteiger partial charge is 0.352 e. The summed E-state index contributed by atoms with van der Waals surface area (Å²) in [5.74, 6) is -0.853. The summed E-state index contributed by atoms with van der Waals surface area (Å²) in [6.07, 6.45) is 0.559. The Morgan fingerprint density at radius 2 is 2.05 bits per heavy atom. The van der Waals surface area contributed by atoms with Gasteiger partial charge in [-0.15, -0.1) is 0 Å². The fourth-order valence-electron chi connectivity index (χ4n) is 2.21. The van der Waals surface area contributed by atoms with Crippen LogP contribution in [0, 0.1) is 5.82 Å². The maximum atomic E-state index is 13.4. The van der Waals surface area contributed by atoms with Gasteiger partial charge in [-0.2, -0.15) is 0 Å². The number of benzene rings is 1. The second-order valence-corrected chi connectivity index (χ2v) is 5.16. The molecule has 6 nitrogen and oxygen atoms in total. The van der Waals surface area contributed by atoms with Crippen LogP contribution in [0.5, 0.6) is 0 Å². The summed E-state index contributed by atoms with van der Waals surface area (Å²) < 4.78 is 13.4. The molecule has 1 aromatic carbocycles. The van der Waals surface area contributed by atoms with Crippen molar-refractivity contribution in [3.8, 4) is 0 Å². The number of carbonyl (C=O) groups is 3. The summed E-state index contributed by atoms with van der Waals surface area (Å²) in [6, 6.07) is 5.89. The molecule has 7 heteroatoms. The van der Waals surface area contributed by atoms with Crippen molar-refractivity contribution in [1.82, 2.24) is 15.1 Å². The van der Waals surface area contributed by atoms with Crippen LogP contribution in [-0.4, -0.2) is 47.8 Å². The van der Waals surface area contributed by atoms with E-state index in [-0.39, 0.29) is 49.7 Å². The van der Waals surface area contributed by atoms with E-state index < -0.39 is 0 Å². The lowest BCUT2D eigenvalue weighted by Crippen LogP contribution is -2.33. The number of halogens is 1. The summed E-state index contributed by atoms with van der Waals surface area (Å²) in [7, 11) is 1.56. The highest BCUT2D eigenvalue weighted by atomic mass is 19.1.